The van der Waals surface area contributed by atoms with Crippen LogP contribution in [0.3, 0.4) is 0 Å². The minimum absolute atomic E-state index is 0.0677. The van der Waals surface area contributed by atoms with Crippen LogP contribution in [0.15, 0.2) is 62.2 Å². The lowest BCUT2D eigenvalue weighted by molar-refractivity contribution is 0.0440. The zero-order chi connectivity index (χ0) is 18.3. The Morgan fingerprint density at radius 2 is 1.88 bits per heavy atom. The first-order chi connectivity index (χ1) is 12.5. The van der Waals surface area contributed by atoms with Crippen LogP contribution >= 0.6 is 11.6 Å². The van der Waals surface area contributed by atoms with Crippen LogP contribution in [-0.2, 0) is 11.3 Å². The average Bonchev–Trinajstić information content (AvgIpc) is 3.02. The van der Waals surface area contributed by atoms with Gasteiger partial charge < -0.3 is 13.6 Å². The van der Waals surface area contributed by atoms with Gasteiger partial charge >= 0.3 is 11.6 Å². The molecule has 130 valence electrons. The van der Waals surface area contributed by atoms with Gasteiger partial charge in [0.2, 0.25) is 5.76 Å². The Balaban J connectivity index is 1.61. The van der Waals surface area contributed by atoms with E-state index in [-0.39, 0.29) is 12.4 Å². The smallest absolute Gasteiger partial charge is 0.374 e. The predicted octanol–water partition coefficient (Wildman–Crippen LogP) is 4.86. The van der Waals surface area contributed by atoms with Gasteiger partial charge in [-0.3, -0.25) is 0 Å². The summed E-state index contributed by atoms with van der Waals surface area (Å²) in [4.78, 5) is 24.0. The average molecular weight is 369 g/mol. The van der Waals surface area contributed by atoms with Crippen molar-refractivity contribution in [1.29, 1.82) is 0 Å². The van der Waals surface area contributed by atoms with Crippen molar-refractivity contribution in [2.24, 2.45) is 0 Å². The molecule has 0 aliphatic carbocycles. The summed E-state index contributed by atoms with van der Waals surface area (Å²) < 4.78 is 16.0. The first-order valence-corrected chi connectivity index (χ1v) is 8.27. The second-order valence-electron chi connectivity index (χ2n) is 5.96. The molecule has 26 heavy (non-hydrogen) atoms. The highest BCUT2D eigenvalue weighted by Gasteiger charge is 2.15. The Morgan fingerprint density at radius 3 is 2.73 bits per heavy atom. The molecule has 0 aliphatic heterocycles. The number of fused-ring (bicyclic) bond motifs is 2. The summed E-state index contributed by atoms with van der Waals surface area (Å²) in [6.07, 6.45) is 0. The molecular formula is C20H13ClO5. The van der Waals surface area contributed by atoms with Crippen LogP contribution in [0.25, 0.3) is 21.9 Å². The molecule has 0 saturated carbocycles. The van der Waals surface area contributed by atoms with Gasteiger partial charge in [-0.15, -0.1) is 0 Å². The number of benzene rings is 2. The number of esters is 1. The molecule has 0 aliphatic rings. The minimum Gasteiger partial charge on any atom is -0.455 e. The van der Waals surface area contributed by atoms with Crippen LogP contribution in [0.2, 0.25) is 5.02 Å². The SMILES string of the molecule is Cc1ccc2c(COC(=O)c3cc4cc(Cl)ccc4o3)cc(=O)oc2c1. The zero-order valence-electron chi connectivity index (χ0n) is 13.7. The van der Waals surface area contributed by atoms with Crippen molar-refractivity contribution < 1.29 is 18.4 Å². The first kappa shape index (κ1) is 16.4. The van der Waals surface area contributed by atoms with E-state index in [1.165, 1.54) is 6.07 Å². The van der Waals surface area contributed by atoms with Crippen LogP contribution in [0, 0.1) is 6.92 Å². The van der Waals surface area contributed by atoms with Crippen LogP contribution in [0.1, 0.15) is 21.7 Å². The maximum Gasteiger partial charge on any atom is 0.374 e. The van der Waals surface area contributed by atoms with Crippen LogP contribution in [0.5, 0.6) is 0 Å². The van der Waals surface area contributed by atoms with Gasteiger partial charge in [0.15, 0.2) is 0 Å². The molecule has 0 atom stereocenters. The fourth-order valence-electron chi connectivity index (χ4n) is 2.79. The van der Waals surface area contributed by atoms with E-state index >= 15 is 0 Å². The third-order valence-electron chi connectivity index (χ3n) is 4.02. The van der Waals surface area contributed by atoms with Crippen molar-refractivity contribution in [3.8, 4) is 0 Å². The Kier molecular flexibility index (Phi) is 4.01. The van der Waals surface area contributed by atoms with E-state index in [2.05, 4.69) is 0 Å². The molecule has 6 heteroatoms. The summed E-state index contributed by atoms with van der Waals surface area (Å²) >= 11 is 5.93. The van der Waals surface area contributed by atoms with Gasteiger partial charge in [-0.05, 0) is 42.8 Å². The predicted molar refractivity (Wildman–Crippen MR) is 97.6 cm³/mol. The monoisotopic (exact) mass is 368 g/mol. The fraction of sp³-hybridized carbons (Fsp3) is 0.100. The fourth-order valence-corrected chi connectivity index (χ4v) is 2.97. The molecule has 0 unspecified atom stereocenters. The van der Waals surface area contributed by atoms with Gasteiger partial charge in [0.05, 0.1) is 0 Å². The Hall–Kier alpha value is -3.05. The Labute approximate surface area is 152 Å². The highest BCUT2D eigenvalue weighted by molar-refractivity contribution is 6.31. The van der Waals surface area contributed by atoms with E-state index in [1.807, 2.05) is 19.1 Å². The summed E-state index contributed by atoms with van der Waals surface area (Å²) in [5, 5.41) is 1.99. The first-order valence-electron chi connectivity index (χ1n) is 7.89. The molecule has 2 heterocycles. The van der Waals surface area contributed by atoms with Crippen molar-refractivity contribution in [3.05, 3.63) is 80.9 Å². The molecule has 0 N–H and O–H groups in total. The summed E-state index contributed by atoms with van der Waals surface area (Å²) in [6, 6.07) is 13.5. The lowest BCUT2D eigenvalue weighted by Gasteiger charge is -2.06. The summed E-state index contributed by atoms with van der Waals surface area (Å²) in [6.45, 7) is 1.84. The molecular weight excluding hydrogens is 356 g/mol. The molecule has 0 bridgehead atoms. The van der Waals surface area contributed by atoms with E-state index in [9.17, 15) is 9.59 Å². The van der Waals surface area contributed by atoms with Gasteiger partial charge in [-0.1, -0.05) is 23.7 Å². The van der Waals surface area contributed by atoms with E-state index in [0.29, 0.717) is 27.1 Å². The molecule has 0 amide bonds. The largest absolute Gasteiger partial charge is 0.455 e. The van der Waals surface area contributed by atoms with Crippen molar-refractivity contribution in [2.75, 3.05) is 0 Å². The quantitative estimate of drug-likeness (QED) is 0.381. The summed E-state index contributed by atoms with van der Waals surface area (Å²) in [5.41, 5.74) is 2.05. The second-order valence-corrected chi connectivity index (χ2v) is 6.40. The molecule has 0 fully saturated rings. The number of carbonyl (C=O) groups is 1. The standard InChI is InChI=1S/C20H13ClO5/c1-11-2-4-15-13(9-19(22)26-17(15)6-11)10-24-20(23)18-8-12-7-14(21)3-5-16(12)25-18/h2-9H,10H2,1H3. The second kappa shape index (κ2) is 6.35. The van der Waals surface area contributed by atoms with Crippen molar-refractivity contribution in [2.45, 2.75) is 13.5 Å². The maximum absolute atomic E-state index is 12.3. The van der Waals surface area contributed by atoms with Gasteiger partial charge in [0, 0.05) is 27.4 Å². The highest BCUT2D eigenvalue weighted by Crippen LogP contribution is 2.24. The topological polar surface area (TPSA) is 69.7 Å². The number of hydrogen-bond donors (Lipinski definition) is 0. The molecule has 4 aromatic rings. The maximum atomic E-state index is 12.3. The lowest BCUT2D eigenvalue weighted by atomic mass is 10.1. The van der Waals surface area contributed by atoms with E-state index in [4.69, 9.17) is 25.2 Å². The Morgan fingerprint density at radius 1 is 1.04 bits per heavy atom. The number of aryl methyl sites for hydroxylation is 1. The van der Waals surface area contributed by atoms with Gasteiger partial charge in [0.25, 0.3) is 0 Å². The number of halogens is 1. The van der Waals surface area contributed by atoms with Crippen LogP contribution in [0.4, 0.5) is 0 Å². The molecule has 4 rings (SSSR count). The van der Waals surface area contributed by atoms with E-state index in [0.717, 1.165) is 10.9 Å². The summed E-state index contributed by atoms with van der Waals surface area (Å²) in [7, 11) is 0. The van der Waals surface area contributed by atoms with Crippen molar-refractivity contribution in [3.63, 3.8) is 0 Å². The van der Waals surface area contributed by atoms with Crippen LogP contribution < -0.4 is 5.63 Å². The number of rotatable bonds is 3. The zero-order valence-corrected chi connectivity index (χ0v) is 14.5. The molecule has 2 aromatic heterocycles. The lowest BCUT2D eigenvalue weighted by Crippen LogP contribution is -2.07. The number of hydrogen-bond acceptors (Lipinski definition) is 5. The molecule has 2 aromatic carbocycles. The molecule has 0 spiro atoms. The number of carbonyl (C=O) groups excluding carboxylic acids is 1. The molecule has 5 nitrogen and oxygen atoms in total. The third-order valence-corrected chi connectivity index (χ3v) is 4.26. The minimum atomic E-state index is -0.620. The number of ether oxygens (including phenoxy) is 1. The number of furan rings is 1. The highest BCUT2D eigenvalue weighted by atomic mass is 35.5. The van der Waals surface area contributed by atoms with Crippen LogP contribution in [-0.4, -0.2) is 5.97 Å². The van der Waals surface area contributed by atoms with E-state index in [1.54, 1.807) is 30.3 Å². The third kappa shape index (κ3) is 3.09. The van der Waals surface area contributed by atoms with Gasteiger partial charge in [-0.25, -0.2) is 9.59 Å². The van der Waals surface area contributed by atoms with Crippen molar-refractivity contribution >= 4 is 39.5 Å². The summed E-state index contributed by atoms with van der Waals surface area (Å²) in [5.74, 6) is -0.545. The van der Waals surface area contributed by atoms with Crippen molar-refractivity contribution in [1.82, 2.24) is 0 Å². The van der Waals surface area contributed by atoms with Gasteiger partial charge in [0.1, 0.15) is 17.8 Å². The Bertz CT molecular complexity index is 1200. The molecule has 0 saturated heterocycles. The molecule has 0 radical (unpaired) electrons. The van der Waals surface area contributed by atoms with Gasteiger partial charge in [-0.2, -0.15) is 0 Å². The van der Waals surface area contributed by atoms with E-state index < -0.39 is 11.6 Å². The normalized spacial score (nSPS) is 11.2.